The average molecular weight is 295 g/mol. The Labute approximate surface area is 132 Å². The third-order valence-corrected chi connectivity index (χ3v) is 4.64. The van der Waals surface area contributed by atoms with Gasteiger partial charge in [-0.05, 0) is 56.6 Å². The van der Waals surface area contributed by atoms with Crippen LogP contribution in [0.4, 0.5) is 0 Å². The molecule has 0 bridgehead atoms. The maximum absolute atomic E-state index is 4.27. The van der Waals surface area contributed by atoms with Crippen molar-refractivity contribution in [3.8, 4) is 0 Å². The summed E-state index contributed by atoms with van der Waals surface area (Å²) in [5.41, 5.74) is 1.72. The molecule has 0 fully saturated rings. The smallest absolute Gasteiger partial charge is 0.00204 e. The molecular formula is C19H34S. The molecule has 0 amide bonds. The summed E-state index contributed by atoms with van der Waals surface area (Å²) in [7, 11) is 0. The minimum Gasteiger partial charge on any atom is -0.179 e. The molecule has 0 aromatic heterocycles. The van der Waals surface area contributed by atoms with Crippen molar-refractivity contribution < 1.29 is 0 Å². The van der Waals surface area contributed by atoms with Crippen LogP contribution in [0.25, 0.3) is 0 Å². The number of hydrogen-bond acceptors (Lipinski definition) is 1. The number of thiol groups is 1. The van der Waals surface area contributed by atoms with Gasteiger partial charge >= 0.3 is 0 Å². The molecule has 20 heavy (non-hydrogen) atoms. The molecule has 1 atom stereocenters. The molecule has 0 spiro atoms. The number of allylic oxidation sites excluding steroid dienone is 4. The summed E-state index contributed by atoms with van der Waals surface area (Å²) < 4.78 is 0. The molecule has 1 aliphatic carbocycles. The summed E-state index contributed by atoms with van der Waals surface area (Å²) >= 11 is 4.27. The standard InChI is InChI=1S/C19H34S/c1-2-3-4-5-6-9-13-18-15-12-16-19(18)14-10-7-8-11-17-20/h9,13,16,18,20H,2-8,10-12,14-15,17H2,1H3/t18-/m0/s1. The Morgan fingerprint density at radius 3 is 2.70 bits per heavy atom. The Balaban J connectivity index is 2.11. The Bertz CT molecular complexity index is 277. The zero-order valence-electron chi connectivity index (χ0n) is 13.4. The maximum Gasteiger partial charge on any atom is -0.00204 e. The van der Waals surface area contributed by atoms with E-state index in [0.29, 0.717) is 0 Å². The first-order valence-electron chi connectivity index (χ1n) is 8.85. The number of unbranched alkanes of at least 4 members (excludes halogenated alkanes) is 7. The van der Waals surface area contributed by atoms with E-state index < -0.39 is 0 Å². The van der Waals surface area contributed by atoms with Crippen LogP contribution in [-0.4, -0.2) is 5.75 Å². The minimum absolute atomic E-state index is 0.769. The average Bonchev–Trinajstić information content (AvgIpc) is 2.90. The second-order valence-electron chi connectivity index (χ2n) is 6.13. The van der Waals surface area contributed by atoms with Gasteiger partial charge < -0.3 is 0 Å². The van der Waals surface area contributed by atoms with Crippen LogP contribution < -0.4 is 0 Å². The van der Waals surface area contributed by atoms with E-state index in [1.807, 2.05) is 0 Å². The Morgan fingerprint density at radius 2 is 1.90 bits per heavy atom. The first-order valence-corrected chi connectivity index (χ1v) is 9.48. The van der Waals surface area contributed by atoms with E-state index in [1.54, 1.807) is 5.57 Å². The fourth-order valence-corrected chi connectivity index (χ4v) is 3.26. The van der Waals surface area contributed by atoms with Crippen molar-refractivity contribution in [2.45, 2.75) is 84.0 Å². The van der Waals surface area contributed by atoms with E-state index >= 15 is 0 Å². The number of hydrogen-bond donors (Lipinski definition) is 1. The summed E-state index contributed by atoms with van der Waals surface area (Å²) in [5.74, 6) is 1.82. The molecule has 1 heteroatoms. The van der Waals surface area contributed by atoms with Gasteiger partial charge in [0.05, 0.1) is 0 Å². The summed E-state index contributed by atoms with van der Waals surface area (Å²) in [4.78, 5) is 0. The van der Waals surface area contributed by atoms with Crippen LogP contribution in [-0.2, 0) is 0 Å². The van der Waals surface area contributed by atoms with Gasteiger partial charge in [-0.25, -0.2) is 0 Å². The minimum atomic E-state index is 0.769. The highest BCUT2D eigenvalue weighted by Crippen LogP contribution is 2.31. The predicted octanol–water partition coefficient (Wildman–Crippen LogP) is 6.73. The molecule has 0 aromatic carbocycles. The SMILES string of the molecule is CCCCCCC=C[C@H]1CCC=C1CCCCCCS. The molecule has 0 unspecified atom stereocenters. The third-order valence-electron chi connectivity index (χ3n) is 4.33. The van der Waals surface area contributed by atoms with Gasteiger partial charge in [0.15, 0.2) is 0 Å². The molecule has 0 nitrogen and oxygen atoms in total. The highest BCUT2D eigenvalue weighted by atomic mass is 32.1. The van der Waals surface area contributed by atoms with Crippen molar-refractivity contribution in [1.82, 2.24) is 0 Å². The van der Waals surface area contributed by atoms with E-state index in [1.165, 1.54) is 77.0 Å². The molecule has 0 N–H and O–H groups in total. The molecule has 116 valence electrons. The van der Waals surface area contributed by atoms with E-state index in [2.05, 4.69) is 37.8 Å². The van der Waals surface area contributed by atoms with Gasteiger partial charge in [0.25, 0.3) is 0 Å². The first kappa shape index (κ1) is 17.9. The van der Waals surface area contributed by atoms with Gasteiger partial charge in [-0.2, -0.15) is 12.6 Å². The lowest BCUT2D eigenvalue weighted by Gasteiger charge is -2.10. The molecule has 0 heterocycles. The quantitative estimate of drug-likeness (QED) is 0.230. The maximum atomic E-state index is 4.27. The molecule has 1 rings (SSSR count). The van der Waals surface area contributed by atoms with Crippen molar-refractivity contribution in [1.29, 1.82) is 0 Å². The van der Waals surface area contributed by atoms with Crippen molar-refractivity contribution >= 4 is 12.6 Å². The van der Waals surface area contributed by atoms with Crippen molar-refractivity contribution in [2.75, 3.05) is 5.75 Å². The van der Waals surface area contributed by atoms with E-state index in [-0.39, 0.29) is 0 Å². The van der Waals surface area contributed by atoms with Crippen LogP contribution in [0, 0.1) is 5.92 Å². The zero-order valence-corrected chi connectivity index (χ0v) is 14.3. The summed E-state index contributed by atoms with van der Waals surface area (Å²) in [6.45, 7) is 2.28. The van der Waals surface area contributed by atoms with E-state index in [9.17, 15) is 0 Å². The third kappa shape index (κ3) is 8.19. The molecule has 0 saturated carbocycles. The van der Waals surface area contributed by atoms with Gasteiger partial charge in [0.2, 0.25) is 0 Å². The van der Waals surface area contributed by atoms with Gasteiger partial charge in [0, 0.05) is 0 Å². The van der Waals surface area contributed by atoms with Crippen LogP contribution in [0.2, 0.25) is 0 Å². The normalized spacial score (nSPS) is 18.9. The monoisotopic (exact) mass is 294 g/mol. The number of rotatable bonds is 12. The zero-order chi connectivity index (χ0) is 14.5. The Hall–Kier alpha value is -0.170. The molecule has 0 aromatic rings. The fraction of sp³-hybridized carbons (Fsp3) is 0.789. The van der Waals surface area contributed by atoms with Crippen LogP contribution in [0.15, 0.2) is 23.8 Å². The lowest BCUT2D eigenvalue weighted by molar-refractivity contribution is 0.630. The molecule has 1 aliphatic rings. The predicted molar refractivity (Wildman–Crippen MR) is 95.6 cm³/mol. The first-order chi connectivity index (χ1) is 9.88. The lowest BCUT2D eigenvalue weighted by atomic mass is 9.95. The van der Waals surface area contributed by atoms with Crippen molar-refractivity contribution in [3.05, 3.63) is 23.8 Å². The summed E-state index contributed by atoms with van der Waals surface area (Å²) in [5, 5.41) is 0. The Kier molecular flexibility index (Phi) is 11.2. The summed E-state index contributed by atoms with van der Waals surface area (Å²) in [6, 6.07) is 0. The van der Waals surface area contributed by atoms with Crippen LogP contribution in [0.5, 0.6) is 0 Å². The molecular weight excluding hydrogens is 260 g/mol. The van der Waals surface area contributed by atoms with Gasteiger partial charge in [-0.3, -0.25) is 0 Å². The van der Waals surface area contributed by atoms with E-state index in [0.717, 1.165) is 11.7 Å². The van der Waals surface area contributed by atoms with Gasteiger partial charge in [0.1, 0.15) is 0 Å². The van der Waals surface area contributed by atoms with Crippen molar-refractivity contribution in [3.63, 3.8) is 0 Å². The summed E-state index contributed by atoms with van der Waals surface area (Å²) in [6.07, 6.45) is 23.6. The second kappa shape index (κ2) is 12.6. The lowest BCUT2D eigenvalue weighted by Crippen LogP contribution is -1.95. The van der Waals surface area contributed by atoms with Gasteiger partial charge in [-0.15, -0.1) is 0 Å². The largest absolute Gasteiger partial charge is 0.179 e. The topological polar surface area (TPSA) is 0 Å². The highest BCUT2D eigenvalue weighted by molar-refractivity contribution is 7.80. The fourth-order valence-electron chi connectivity index (χ4n) is 3.04. The van der Waals surface area contributed by atoms with Crippen LogP contribution in [0.1, 0.15) is 84.0 Å². The second-order valence-corrected chi connectivity index (χ2v) is 6.58. The van der Waals surface area contributed by atoms with Crippen LogP contribution in [0.3, 0.4) is 0 Å². The molecule has 0 saturated heterocycles. The van der Waals surface area contributed by atoms with E-state index in [4.69, 9.17) is 0 Å². The highest BCUT2D eigenvalue weighted by Gasteiger charge is 2.15. The Morgan fingerprint density at radius 1 is 1.10 bits per heavy atom. The molecule has 0 aliphatic heterocycles. The van der Waals surface area contributed by atoms with Crippen LogP contribution >= 0.6 is 12.6 Å². The molecule has 0 radical (unpaired) electrons. The van der Waals surface area contributed by atoms with Crippen molar-refractivity contribution in [2.24, 2.45) is 5.92 Å². The van der Waals surface area contributed by atoms with Gasteiger partial charge in [-0.1, -0.05) is 62.8 Å².